The van der Waals surface area contributed by atoms with Crippen molar-refractivity contribution in [1.29, 1.82) is 0 Å². The van der Waals surface area contributed by atoms with E-state index in [9.17, 15) is 4.79 Å². The number of pyridine rings is 1. The van der Waals surface area contributed by atoms with E-state index in [-0.39, 0.29) is 11.5 Å². The van der Waals surface area contributed by atoms with Crippen LogP contribution in [-0.2, 0) is 22.5 Å². The van der Waals surface area contributed by atoms with E-state index in [0.29, 0.717) is 18.4 Å². The van der Waals surface area contributed by atoms with Gasteiger partial charge in [-0.2, -0.15) is 5.10 Å². The van der Waals surface area contributed by atoms with Crippen LogP contribution in [0.15, 0.2) is 30.7 Å². The Morgan fingerprint density at radius 2 is 1.79 bits per heavy atom. The van der Waals surface area contributed by atoms with Gasteiger partial charge in [0.1, 0.15) is 12.1 Å². The zero-order valence-electron chi connectivity index (χ0n) is 26.8. The van der Waals surface area contributed by atoms with Gasteiger partial charge in [-0.1, -0.05) is 19.4 Å². The Morgan fingerprint density at radius 3 is 2.49 bits per heavy atom. The largest absolute Gasteiger partial charge is 0.383 e. The van der Waals surface area contributed by atoms with Crippen molar-refractivity contribution in [3.05, 3.63) is 42.1 Å². The summed E-state index contributed by atoms with van der Waals surface area (Å²) in [6.45, 7) is 15.3. The van der Waals surface area contributed by atoms with Crippen molar-refractivity contribution in [2.45, 2.75) is 78.3 Å². The number of anilines is 1. The molecular formula is C33H50N8O2. The van der Waals surface area contributed by atoms with Crippen LogP contribution >= 0.6 is 0 Å². The molecule has 0 bridgehead atoms. The van der Waals surface area contributed by atoms with E-state index in [1.165, 1.54) is 0 Å². The maximum Gasteiger partial charge on any atom is 0.225 e. The molecule has 3 aromatic rings. The highest BCUT2D eigenvalue weighted by atomic mass is 16.5. The zero-order chi connectivity index (χ0) is 30.4. The van der Waals surface area contributed by atoms with Crippen LogP contribution in [-0.4, -0.2) is 99.0 Å². The Bertz CT molecular complexity index is 1340. The van der Waals surface area contributed by atoms with Gasteiger partial charge in [-0.05, 0) is 70.9 Å². The van der Waals surface area contributed by atoms with Crippen molar-refractivity contribution in [3.63, 3.8) is 0 Å². The summed E-state index contributed by atoms with van der Waals surface area (Å²) < 4.78 is 7.26. The monoisotopic (exact) mass is 590 g/mol. The number of ether oxygens (including phenoxy) is 1. The maximum atomic E-state index is 13.5. The van der Waals surface area contributed by atoms with Crippen LogP contribution in [0.1, 0.15) is 71.2 Å². The van der Waals surface area contributed by atoms with Gasteiger partial charge in [0.15, 0.2) is 5.65 Å². The van der Waals surface area contributed by atoms with Crippen molar-refractivity contribution in [3.8, 4) is 0 Å². The van der Waals surface area contributed by atoms with Gasteiger partial charge in [0.25, 0.3) is 0 Å². The molecule has 0 spiro atoms. The highest BCUT2D eigenvalue weighted by Gasteiger charge is 2.33. The molecule has 2 aliphatic rings. The van der Waals surface area contributed by atoms with Crippen LogP contribution < -0.4 is 4.90 Å². The van der Waals surface area contributed by atoms with E-state index in [0.717, 1.165) is 113 Å². The number of fused-ring (bicyclic) bond motifs is 1. The molecule has 1 saturated carbocycles. The normalized spacial score (nSPS) is 19.9. The summed E-state index contributed by atoms with van der Waals surface area (Å²) >= 11 is 0. The van der Waals surface area contributed by atoms with Gasteiger partial charge in [0.2, 0.25) is 5.91 Å². The van der Waals surface area contributed by atoms with Crippen LogP contribution in [0.4, 0.5) is 5.82 Å². The molecule has 0 N–H and O–H groups in total. The van der Waals surface area contributed by atoms with E-state index in [1.807, 2.05) is 16.9 Å². The first-order valence-corrected chi connectivity index (χ1v) is 16.2. The maximum absolute atomic E-state index is 13.5. The summed E-state index contributed by atoms with van der Waals surface area (Å²) in [5, 5.41) is 5.60. The molecule has 0 unspecified atom stereocenters. The van der Waals surface area contributed by atoms with Gasteiger partial charge in [-0.25, -0.2) is 14.6 Å². The standard InChI is InChI=1S/C33H50N8O2/c1-6-8-27-9-7-10-28(37-27)23-41-31-29(21-36-41)30(34-24-35-31)38-15-17-39(18-16-38)32(42)26-13-11-25(12-14-26)22-40(19-20-43-5)33(2,3)4/h7,9-10,21,24-26H,6,8,11-20,22-23H2,1-5H3. The lowest BCUT2D eigenvalue weighted by molar-refractivity contribution is -0.137. The smallest absolute Gasteiger partial charge is 0.225 e. The van der Waals surface area contributed by atoms with Gasteiger partial charge in [0, 0.05) is 63.5 Å². The zero-order valence-corrected chi connectivity index (χ0v) is 26.8. The fraction of sp³-hybridized carbons (Fsp3) is 0.667. The molecule has 0 atom stereocenters. The Hall–Kier alpha value is -3.11. The number of piperazine rings is 1. The van der Waals surface area contributed by atoms with E-state index in [4.69, 9.17) is 9.72 Å². The average molecular weight is 591 g/mol. The summed E-state index contributed by atoms with van der Waals surface area (Å²) in [5.74, 6) is 2.03. The molecule has 1 saturated heterocycles. The Balaban J connectivity index is 1.15. The first-order valence-electron chi connectivity index (χ1n) is 16.2. The van der Waals surface area contributed by atoms with Crippen LogP contribution in [0, 0.1) is 11.8 Å². The van der Waals surface area contributed by atoms with Gasteiger partial charge >= 0.3 is 0 Å². The van der Waals surface area contributed by atoms with Crippen molar-refractivity contribution in [1.82, 2.24) is 34.5 Å². The number of aromatic nitrogens is 5. The van der Waals surface area contributed by atoms with Crippen LogP contribution in [0.2, 0.25) is 0 Å². The molecule has 4 heterocycles. The molecule has 5 rings (SSSR count). The summed E-state index contributed by atoms with van der Waals surface area (Å²) in [7, 11) is 1.77. The van der Waals surface area contributed by atoms with Crippen LogP contribution in [0.3, 0.4) is 0 Å². The van der Waals surface area contributed by atoms with Crippen molar-refractivity contribution >= 4 is 22.8 Å². The van der Waals surface area contributed by atoms with E-state index >= 15 is 0 Å². The summed E-state index contributed by atoms with van der Waals surface area (Å²) in [4.78, 5) is 34.4. The molecule has 3 aromatic heterocycles. The second-order valence-electron chi connectivity index (χ2n) is 13.2. The SMILES string of the molecule is CCCc1cccc(Cn2ncc3c(N4CCN(C(=O)C5CCC(CN(CCOC)C(C)(C)C)CC5)CC4)ncnc32)n1. The number of carbonyl (C=O) groups is 1. The minimum Gasteiger partial charge on any atom is -0.383 e. The second kappa shape index (κ2) is 14.1. The lowest BCUT2D eigenvalue weighted by atomic mass is 9.80. The molecule has 1 aliphatic heterocycles. The predicted octanol–water partition coefficient (Wildman–Crippen LogP) is 4.42. The third-order valence-electron chi connectivity index (χ3n) is 9.17. The van der Waals surface area contributed by atoms with Gasteiger partial charge < -0.3 is 14.5 Å². The number of hydrogen-bond donors (Lipinski definition) is 0. The number of aryl methyl sites for hydroxylation is 1. The Labute approximate surface area is 256 Å². The highest BCUT2D eigenvalue weighted by Crippen LogP contribution is 2.32. The average Bonchev–Trinajstić information content (AvgIpc) is 3.42. The summed E-state index contributed by atoms with van der Waals surface area (Å²) in [5.41, 5.74) is 3.03. The van der Waals surface area contributed by atoms with Crippen LogP contribution in [0.25, 0.3) is 11.0 Å². The first kappa shape index (κ1) is 31.3. The minimum absolute atomic E-state index is 0.121. The molecule has 1 amide bonds. The van der Waals surface area contributed by atoms with Gasteiger partial charge in [-0.15, -0.1) is 0 Å². The number of rotatable bonds is 11. The lowest BCUT2D eigenvalue weighted by Gasteiger charge is -2.41. The first-order chi connectivity index (χ1) is 20.8. The third-order valence-corrected chi connectivity index (χ3v) is 9.17. The molecule has 0 radical (unpaired) electrons. The van der Waals surface area contributed by atoms with Crippen molar-refractivity contribution in [2.75, 3.05) is 57.9 Å². The second-order valence-corrected chi connectivity index (χ2v) is 13.2. The molecule has 10 heteroatoms. The predicted molar refractivity (Wildman–Crippen MR) is 170 cm³/mol. The summed E-state index contributed by atoms with van der Waals surface area (Å²) in [6.07, 6.45) is 9.77. The van der Waals surface area contributed by atoms with Crippen molar-refractivity contribution < 1.29 is 9.53 Å². The fourth-order valence-electron chi connectivity index (χ4n) is 6.62. The number of amides is 1. The molecule has 10 nitrogen and oxygen atoms in total. The summed E-state index contributed by atoms with van der Waals surface area (Å²) in [6, 6.07) is 6.19. The molecule has 2 fully saturated rings. The van der Waals surface area contributed by atoms with Crippen LogP contribution in [0.5, 0.6) is 0 Å². The Morgan fingerprint density at radius 1 is 1.05 bits per heavy atom. The molecule has 234 valence electrons. The number of carbonyl (C=O) groups excluding carboxylic acids is 1. The Kier molecular flexibility index (Phi) is 10.3. The highest BCUT2D eigenvalue weighted by molar-refractivity contribution is 5.87. The molecule has 43 heavy (non-hydrogen) atoms. The van der Waals surface area contributed by atoms with E-state index < -0.39 is 0 Å². The quantitative estimate of drug-likeness (QED) is 0.324. The number of hydrogen-bond acceptors (Lipinski definition) is 8. The number of methoxy groups -OCH3 is 1. The van der Waals surface area contributed by atoms with Crippen molar-refractivity contribution in [2.24, 2.45) is 11.8 Å². The molecular weight excluding hydrogens is 540 g/mol. The third kappa shape index (κ3) is 7.70. The van der Waals surface area contributed by atoms with Gasteiger partial charge in [-0.3, -0.25) is 14.7 Å². The minimum atomic E-state index is 0.121. The molecule has 0 aromatic carbocycles. The number of nitrogens with zero attached hydrogens (tertiary/aromatic N) is 8. The fourth-order valence-corrected chi connectivity index (χ4v) is 6.62. The lowest BCUT2D eigenvalue weighted by Crippen LogP contribution is -2.51. The molecule has 1 aliphatic carbocycles. The van der Waals surface area contributed by atoms with Gasteiger partial charge in [0.05, 0.1) is 30.4 Å². The van der Waals surface area contributed by atoms with E-state index in [2.05, 4.69) is 69.6 Å². The van der Waals surface area contributed by atoms with E-state index in [1.54, 1.807) is 13.4 Å². The topological polar surface area (TPSA) is 92.5 Å².